The second kappa shape index (κ2) is 4.79. The zero-order chi connectivity index (χ0) is 12.3. The van der Waals surface area contributed by atoms with E-state index in [1.165, 1.54) is 4.31 Å². The zero-order valence-electron chi connectivity index (χ0n) is 9.67. The Bertz CT molecular complexity index is 505. The van der Waals surface area contributed by atoms with E-state index < -0.39 is 10.0 Å². The van der Waals surface area contributed by atoms with Gasteiger partial charge in [-0.2, -0.15) is 0 Å². The van der Waals surface area contributed by atoms with Crippen LogP contribution < -0.4 is 4.74 Å². The van der Waals surface area contributed by atoms with Crippen LogP contribution in [0.4, 0.5) is 0 Å². The van der Waals surface area contributed by atoms with Gasteiger partial charge in [-0.15, -0.1) is 0 Å². The van der Waals surface area contributed by atoms with Crippen molar-refractivity contribution < 1.29 is 13.2 Å². The number of sulfonamides is 1. The maximum atomic E-state index is 12.2. The summed E-state index contributed by atoms with van der Waals surface area (Å²) >= 11 is 0. The fourth-order valence-corrected chi connectivity index (χ4v) is 3.08. The maximum absolute atomic E-state index is 12.2. The molecular weight excluding hydrogens is 238 g/mol. The third-order valence-electron chi connectivity index (χ3n) is 2.69. The number of nitrogens with zero attached hydrogens (tertiary/aromatic N) is 1. The van der Waals surface area contributed by atoms with E-state index in [2.05, 4.69) is 0 Å². The molecule has 4 nitrogen and oxygen atoms in total. The van der Waals surface area contributed by atoms with Crippen molar-refractivity contribution in [2.45, 2.75) is 17.7 Å². The summed E-state index contributed by atoms with van der Waals surface area (Å²) in [6, 6.07) is 6.44. The molecule has 1 heterocycles. The molecule has 0 bridgehead atoms. The van der Waals surface area contributed by atoms with Crippen LogP contribution in [0.5, 0.6) is 5.75 Å². The van der Waals surface area contributed by atoms with Gasteiger partial charge >= 0.3 is 0 Å². The summed E-state index contributed by atoms with van der Waals surface area (Å²) in [7, 11) is -1.84. The third-order valence-corrected chi connectivity index (χ3v) is 4.48. The average molecular weight is 253 g/mol. The maximum Gasteiger partial charge on any atom is 0.263 e. The van der Waals surface area contributed by atoms with Gasteiger partial charge in [-0.05, 0) is 37.1 Å². The van der Waals surface area contributed by atoms with Crippen molar-refractivity contribution in [3.63, 3.8) is 0 Å². The molecule has 0 fully saturated rings. The minimum Gasteiger partial charge on any atom is -0.497 e. The van der Waals surface area contributed by atoms with Crippen molar-refractivity contribution in [3.8, 4) is 5.75 Å². The molecule has 5 heteroatoms. The van der Waals surface area contributed by atoms with Crippen molar-refractivity contribution in [1.29, 1.82) is 0 Å². The normalized spacial score (nSPS) is 15.9. The molecule has 0 spiro atoms. The smallest absolute Gasteiger partial charge is 0.263 e. The Morgan fingerprint density at radius 2 is 1.94 bits per heavy atom. The van der Waals surface area contributed by atoms with Crippen LogP contribution >= 0.6 is 0 Å². The zero-order valence-corrected chi connectivity index (χ0v) is 10.5. The van der Waals surface area contributed by atoms with Crippen molar-refractivity contribution in [2.75, 3.05) is 13.7 Å². The van der Waals surface area contributed by atoms with E-state index in [0.29, 0.717) is 17.2 Å². The van der Waals surface area contributed by atoms with Crippen LogP contribution in [0.25, 0.3) is 0 Å². The number of hydrogen-bond acceptors (Lipinski definition) is 3. The molecule has 0 aliphatic carbocycles. The molecule has 0 N–H and O–H groups in total. The molecular formula is C12H15NO3S. The quantitative estimate of drug-likeness (QED) is 0.827. The number of allylic oxidation sites excluding steroid dienone is 1. The summed E-state index contributed by atoms with van der Waals surface area (Å²) in [5.41, 5.74) is 0. The van der Waals surface area contributed by atoms with Gasteiger partial charge in [0.15, 0.2) is 0 Å². The third kappa shape index (κ3) is 2.44. The second-order valence-corrected chi connectivity index (χ2v) is 5.71. The fraction of sp³-hybridized carbons (Fsp3) is 0.333. The Morgan fingerprint density at radius 3 is 2.47 bits per heavy atom. The van der Waals surface area contributed by atoms with E-state index in [9.17, 15) is 8.42 Å². The van der Waals surface area contributed by atoms with E-state index in [1.807, 2.05) is 6.08 Å². The van der Waals surface area contributed by atoms with Crippen molar-refractivity contribution in [2.24, 2.45) is 0 Å². The Labute approximate surface area is 102 Å². The Kier molecular flexibility index (Phi) is 3.38. The number of benzene rings is 1. The van der Waals surface area contributed by atoms with Gasteiger partial charge in [0.2, 0.25) is 0 Å². The Balaban J connectivity index is 2.30. The number of hydrogen-bond donors (Lipinski definition) is 0. The standard InChI is InChI=1S/C12H15NO3S/c1-16-11-5-7-12(8-6-11)17(14,15)13-9-3-2-4-10-13/h3,5-9H,2,4,10H2,1H3. The van der Waals surface area contributed by atoms with Crippen LogP contribution in [0.1, 0.15) is 12.8 Å². The van der Waals surface area contributed by atoms with Gasteiger partial charge in [-0.25, -0.2) is 8.42 Å². The van der Waals surface area contributed by atoms with Gasteiger partial charge in [0.1, 0.15) is 5.75 Å². The molecule has 0 radical (unpaired) electrons. The SMILES string of the molecule is COc1ccc(S(=O)(=O)N2C=CCCC2)cc1. The number of methoxy groups -OCH3 is 1. The lowest BCUT2D eigenvalue weighted by Gasteiger charge is -2.23. The highest BCUT2D eigenvalue weighted by molar-refractivity contribution is 7.89. The molecule has 92 valence electrons. The summed E-state index contributed by atoms with van der Waals surface area (Å²) in [6.45, 7) is 0.546. The van der Waals surface area contributed by atoms with Gasteiger partial charge in [0.05, 0.1) is 12.0 Å². The molecule has 0 saturated carbocycles. The number of rotatable bonds is 3. The fourth-order valence-electron chi connectivity index (χ4n) is 1.72. The summed E-state index contributed by atoms with van der Waals surface area (Å²) < 4.78 is 30.8. The van der Waals surface area contributed by atoms with Crippen LogP contribution in [-0.4, -0.2) is 26.4 Å². The topological polar surface area (TPSA) is 46.6 Å². The first-order valence-corrected chi connectivity index (χ1v) is 6.91. The Hall–Kier alpha value is -1.49. The minimum absolute atomic E-state index is 0.296. The highest BCUT2D eigenvalue weighted by Gasteiger charge is 2.22. The van der Waals surface area contributed by atoms with Crippen LogP contribution in [0.3, 0.4) is 0 Å². The van der Waals surface area contributed by atoms with Crippen LogP contribution in [0.2, 0.25) is 0 Å². The summed E-state index contributed by atoms with van der Waals surface area (Å²) in [5, 5.41) is 0. The lowest BCUT2D eigenvalue weighted by molar-refractivity contribution is 0.414. The second-order valence-electron chi connectivity index (χ2n) is 3.82. The summed E-state index contributed by atoms with van der Waals surface area (Å²) in [5.74, 6) is 0.651. The molecule has 1 aromatic carbocycles. The highest BCUT2D eigenvalue weighted by atomic mass is 32.2. The van der Waals surface area contributed by atoms with E-state index in [-0.39, 0.29) is 0 Å². The van der Waals surface area contributed by atoms with Gasteiger partial charge in [0, 0.05) is 12.7 Å². The lowest BCUT2D eigenvalue weighted by Crippen LogP contribution is -2.28. The molecule has 0 saturated heterocycles. The first-order chi connectivity index (χ1) is 8.14. The largest absolute Gasteiger partial charge is 0.497 e. The van der Waals surface area contributed by atoms with Gasteiger partial charge in [0.25, 0.3) is 10.0 Å². The molecule has 0 aromatic heterocycles. The first-order valence-electron chi connectivity index (χ1n) is 5.47. The molecule has 2 rings (SSSR count). The van der Waals surface area contributed by atoms with Crippen LogP contribution in [0, 0.1) is 0 Å². The van der Waals surface area contributed by atoms with Crippen molar-refractivity contribution in [1.82, 2.24) is 4.31 Å². The molecule has 1 aliphatic rings. The molecule has 1 aromatic rings. The Morgan fingerprint density at radius 1 is 1.24 bits per heavy atom. The summed E-state index contributed by atoms with van der Waals surface area (Å²) in [6.07, 6.45) is 5.33. The first kappa shape index (κ1) is 12.0. The van der Waals surface area contributed by atoms with Crippen LogP contribution in [0.15, 0.2) is 41.4 Å². The molecule has 17 heavy (non-hydrogen) atoms. The van der Waals surface area contributed by atoms with E-state index in [1.54, 1.807) is 37.6 Å². The van der Waals surface area contributed by atoms with Crippen LogP contribution in [-0.2, 0) is 10.0 Å². The predicted octanol–water partition coefficient (Wildman–Crippen LogP) is 1.99. The van der Waals surface area contributed by atoms with E-state index >= 15 is 0 Å². The minimum atomic E-state index is -3.40. The summed E-state index contributed by atoms with van der Waals surface area (Å²) in [4.78, 5) is 0.296. The molecule has 1 aliphatic heterocycles. The van der Waals surface area contributed by atoms with Gasteiger partial charge < -0.3 is 4.74 Å². The molecule has 0 amide bonds. The lowest BCUT2D eigenvalue weighted by atomic mass is 10.2. The van der Waals surface area contributed by atoms with Gasteiger partial charge in [-0.3, -0.25) is 4.31 Å². The monoisotopic (exact) mass is 253 g/mol. The average Bonchev–Trinajstić information content (AvgIpc) is 2.40. The van der Waals surface area contributed by atoms with Crippen molar-refractivity contribution >= 4 is 10.0 Å². The van der Waals surface area contributed by atoms with Gasteiger partial charge in [-0.1, -0.05) is 6.08 Å². The number of ether oxygens (including phenoxy) is 1. The van der Waals surface area contributed by atoms with E-state index in [0.717, 1.165) is 12.8 Å². The molecule has 0 atom stereocenters. The van der Waals surface area contributed by atoms with Crippen molar-refractivity contribution in [3.05, 3.63) is 36.5 Å². The molecule has 0 unspecified atom stereocenters. The van der Waals surface area contributed by atoms with E-state index in [4.69, 9.17) is 4.74 Å². The predicted molar refractivity (Wildman–Crippen MR) is 65.3 cm³/mol. The highest BCUT2D eigenvalue weighted by Crippen LogP contribution is 2.21.